The number of fused-ring (bicyclic) bond motifs is 8. The Kier molecular flexibility index (Phi) is 9.19. The highest BCUT2D eigenvalue weighted by atomic mass is 79.9. The van der Waals surface area contributed by atoms with Crippen LogP contribution in [0.15, 0.2) is 121 Å². The number of carboxylic acid groups (broad SMARTS) is 1. The third kappa shape index (κ3) is 6.06. The molecule has 0 aromatic heterocycles. The van der Waals surface area contributed by atoms with Gasteiger partial charge in [-0.25, -0.2) is 4.79 Å². The van der Waals surface area contributed by atoms with Gasteiger partial charge in [-0.2, -0.15) is 0 Å². The molecule has 55 heavy (non-hydrogen) atoms. The number of hydrogen-bond acceptors (Lipinski definition) is 4. The first kappa shape index (κ1) is 37.6. The Morgan fingerprint density at radius 2 is 0.855 bits per heavy atom. The van der Waals surface area contributed by atoms with Crippen molar-refractivity contribution in [2.24, 2.45) is 0 Å². The van der Waals surface area contributed by atoms with E-state index in [2.05, 4.69) is 116 Å². The van der Waals surface area contributed by atoms with Gasteiger partial charge >= 0.3 is 5.97 Å². The molecule has 0 saturated heterocycles. The Balaban J connectivity index is 0.000000155. The lowest BCUT2D eigenvalue weighted by Crippen LogP contribution is -2.23. The van der Waals surface area contributed by atoms with Crippen LogP contribution in [0.25, 0.3) is 22.3 Å². The van der Waals surface area contributed by atoms with E-state index in [1.54, 1.807) is 36.4 Å². The van der Waals surface area contributed by atoms with E-state index in [0.29, 0.717) is 32.3 Å². The Labute approximate surface area is 351 Å². The third-order valence-electron chi connectivity index (χ3n) is 11.1. The molecule has 9 heteroatoms. The van der Waals surface area contributed by atoms with Crippen LogP contribution in [0.4, 0.5) is 0 Å². The fraction of sp³-hybridized carbons (Fsp3) is 0.130. The maximum absolute atomic E-state index is 13.2. The third-order valence-corrected chi connectivity index (χ3v) is 13.1. The molecule has 0 saturated carbocycles. The highest BCUT2D eigenvalue weighted by Crippen LogP contribution is 2.52. The van der Waals surface area contributed by atoms with Crippen molar-refractivity contribution in [2.75, 3.05) is 0 Å². The summed E-state index contributed by atoms with van der Waals surface area (Å²) in [5, 5.41) is 9.49. The van der Waals surface area contributed by atoms with Crippen molar-refractivity contribution in [2.45, 2.75) is 38.5 Å². The van der Waals surface area contributed by atoms with Gasteiger partial charge in [0.05, 0.1) is 5.56 Å². The smallest absolute Gasteiger partial charge is 0.336 e. The summed E-state index contributed by atoms with van der Waals surface area (Å²) in [5.74, 6) is -1.58. The van der Waals surface area contributed by atoms with E-state index in [0.717, 1.165) is 46.8 Å². The van der Waals surface area contributed by atoms with Crippen LogP contribution in [0, 0.1) is 0 Å². The molecule has 0 spiro atoms. The van der Waals surface area contributed by atoms with E-state index >= 15 is 0 Å². The first-order valence-corrected chi connectivity index (χ1v) is 20.6. The van der Waals surface area contributed by atoms with Gasteiger partial charge in [-0.1, -0.05) is 116 Å². The summed E-state index contributed by atoms with van der Waals surface area (Å²) in [6, 6.07) is 31.9. The molecule has 0 atom stereocenters. The molecule has 6 aromatic carbocycles. The van der Waals surface area contributed by atoms with Gasteiger partial charge in [0, 0.05) is 62.1 Å². The minimum absolute atomic E-state index is 0.00801. The molecule has 9 rings (SSSR count). The highest BCUT2D eigenvalue weighted by Gasteiger charge is 2.40. The monoisotopic (exact) mass is 978 g/mol. The molecule has 0 fully saturated rings. The van der Waals surface area contributed by atoms with Crippen molar-refractivity contribution in [3.05, 3.63) is 182 Å². The molecule has 6 aromatic rings. The highest BCUT2D eigenvalue weighted by molar-refractivity contribution is 9.11. The standard InChI is InChI=1S/C23H16Br2O3.C23H14Br2O2/c1-23(2)19-9-12(3-6-15(19)16-7-4-14(25)11-20(16)23)21(26)17-8-5-13(24)10-18(17)22(27)28;1-23(2)19-8-12(25)3-5-13(19)15-9-17-18(10-20(15)23)21(26)14-6-4-11(24)7-16(14)22(17)27/h3-11H,1-2H3,(H,27,28);3-10H,1-2H3. The first-order chi connectivity index (χ1) is 26.0. The molecule has 0 unspecified atom stereocenters. The summed E-state index contributed by atoms with van der Waals surface area (Å²) >= 11 is 13.8. The second-order valence-electron chi connectivity index (χ2n) is 15.0. The second kappa shape index (κ2) is 13.4. The Hall–Kier alpha value is -4.28. The van der Waals surface area contributed by atoms with E-state index < -0.39 is 5.97 Å². The fourth-order valence-corrected chi connectivity index (χ4v) is 9.66. The van der Waals surface area contributed by atoms with E-state index in [1.807, 2.05) is 36.4 Å². The lowest BCUT2D eigenvalue weighted by Gasteiger charge is -2.24. The van der Waals surface area contributed by atoms with Crippen LogP contribution in [-0.4, -0.2) is 28.4 Å². The minimum Gasteiger partial charge on any atom is -0.478 e. The largest absolute Gasteiger partial charge is 0.478 e. The molecule has 1 N–H and O–H groups in total. The number of ketones is 3. The molecule has 3 aliphatic rings. The van der Waals surface area contributed by atoms with E-state index in [-0.39, 0.29) is 39.3 Å². The molecule has 0 bridgehead atoms. The van der Waals surface area contributed by atoms with Crippen LogP contribution in [0.2, 0.25) is 0 Å². The zero-order valence-electron chi connectivity index (χ0n) is 29.9. The van der Waals surface area contributed by atoms with E-state index in [1.165, 1.54) is 17.2 Å². The van der Waals surface area contributed by atoms with Gasteiger partial charge in [0.1, 0.15) is 0 Å². The lowest BCUT2D eigenvalue weighted by molar-refractivity contribution is 0.0692. The van der Waals surface area contributed by atoms with Gasteiger partial charge in [0.25, 0.3) is 0 Å². The number of carboxylic acids is 1. The number of carbonyl (C=O) groups is 4. The number of aromatic carboxylic acids is 1. The summed E-state index contributed by atoms with van der Waals surface area (Å²) in [6.07, 6.45) is 0. The van der Waals surface area contributed by atoms with Crippen LogP contribution in [0.5, 0.6) is 0 Å². The number of benzene rings is 6. The molecule has 0 heterocycles. The van der Waals surface area contributed by atoms with Crippen LogP contribution < -0.4 is 0 Å². The Morgan fingerprint density at radius 1 is 0.436 bits per heavy atom. The van der Waals surface area contributed by atoms with Crippen molar-refractivity contribution in [1.82, 2.24) is 0 Å². The fourth-order valence-electron chi connectivity index (χ4n) is 8.22. The molecule has 0 aliphatic heterocycles. The summed E-state index contributed by atoms with van der Waals surface area (Å²) in [6.45, 7) is 8.61. The molecular formula is C46H30Br4O5. The van der Waals surface area contributed by atoms with Gasteiger partial charge < -0.3 is 5.11 Å². The van der Waals surface area contributed by atoms with Crippen molar-refractivity contribution >= 4 is 87.0 Å². The summed E-state index contributed by atoms with van der Waals surface area (Å²) in [7, 11) is 0. The zero-order chi connectivity index (χ0) is 39.3. The number of rotatable bonds is 3. The quantitative estimate of drug-likeness (QED) is 0.178. The van der Waals surface area contributed by atoms with Crippen LogP contribution in [-0.2, 0) is 10.8 Å². The van der Waals surface area contributed by atoms with Gasteiger partial charge in [0.2, 0.25) is 0 Å². The zero-order valence-corrected chi connectivity index (χ0v) is 36.3. The Morgan fingerprint density at radius 3 is 1.45 bits per heavy atom. The van der Waals surface area contributed by atoms with E-state index in [4.69, 9.17) is 0 Å². The topological polar surface area (TPSA) is 88.5 Å². The molecule has 3 aliphatic carbocycles. The van der Waals surface area contributed by atoms with Gasteiger partial charge in [-0.3, -0.25) is 14.4 Å². The minimum atomic E-state index is -1.12. The summed E-state index contributed by atoms with van der Waals surface area (Å²) in [4.78, 5) is 51.0. The van der Waals surface area contributed by atoms with Crippen molar-refractivity contribution in [1.29, 1.82) is 0 Å². The molecule has 0 radical (unpaired) electrons. The number of halogens is 4. The maximum Gasteiger partial charge on any atom is 0.336 e. The summed E-state index contributed by atoms with van der Waals surface area (Å²) < 4.78 is 3.46. The van der Waals surface area contributed by atoms with Gasteiger partial charge in [-0.15, -0.1) is 0 Å². The predicted molar refractivity (Wildman–Crippen MR) is 229 cm³/mol. The predicted octanol–water partition coefficient (Wildman–Crippen LogP) is 12.7. The normalized spacial score (nSPS) is 14.8. The van der Waals surface area contributed by atoms with Crippen LogP contribution in [0.3, 0.4) is 0 Å². The SMILES string of the molecule is CC1(C)c2cc(Br)ccc2-c2cc3c(cc21)C(=O)c1ccc(Br)cc1C3=O.CC1(C)c2cc(Br)ccc2-c2ccc(C(=O)c3ccc(Br)cc3C(=O)O)cc21. The number of hydrogen-bond donors (Lipinski definition) is 1. The molecular weight excluding hydrogens is 952 g/mol. The molecule has 5 nitrogen and oxygen atoms in total. The molecule has 0 amide bonds. The van der Waals surface area contributed by atoms with Crippen LogP contribution >= 0.6 is 63.7 Å². The summed E-state index contributed by atoms with van der Waals surface area (Å²) in [5.41, 5.74) is 11.2. The average Bonchev–Trinajstić information content (AvgIpc) is 3.50. The van der Waals surface area contributed by atoms with Crippen molar-refractivity contribution < 1.29 is 24.3 Å². The van der Waals surface area contributed by atoms with Gasteiger partial charge in [-0.05, 0) is 123 Å². The van der Waals surface area contributed by atoms with Crippen molar-refractivity contribution in [3.63, 3.8) is 0 Å². The second-order valence-corrected chi connectivity index (χ2v) is 18.7. The van der Waals surface area contributed by atoms with E-state index in [9.17, 15) is 24.3 Å². The average molecular weight is 982 g/mol. The Bertz CT molecular complexity index is 2740. The lowest BCUT2D eigenvalue weighted by atomic mass is 9.78. The van der Waals surface area contributed by atoms with Gasteiger partial charge in [0.15, 0.2) is 17.3 Å². The van der Waals surface area contributed by atoms with Crippen LogP contribution in [0.1, 0.15) is 108 Å². The molecule has 272 valence electrons. The van der Waals surface area contributed by atoms with Crippen molar-refractivity contribution in [3.8, 4) is 22.3 Å². The number of carbonyl (C=O) groups excluding carboxylic acids is 3. The first-order valence-electron chi connectivity index (χ1n) is 17.4. The maximum atomic E-state index is 13.2.